The zero-order valence-electron chi connectivity index (χ0n) is 12.5. The van der Waals surface area contributed by atoms with Crippen LogP contribution >= 0.6 is 0 Å². The Bertz CT molecular complexity index is 410. The van der Waals surface area contributed by atoms with Gasteiger partial charge in [0.05, 0.1) is 5.60 Å². The third-order valence-electron chi connectivity index (χ3n) is 4.30. The summed E-state index contributed by atoms with van der Waals surface area (Å²) in [6.45, 7) is 7.82. The summed E-state index contributed by atoms with van der Waals surface area (Å²) in [5, 5.41) is 9.11. The van der Waals surface area contributed by atoms with Gasteiger partial charge in [0.2, 0.25) is 0 Å². The van der Waals surface area contributed by atoms with Crippen molar-refractivity contribution in [2.45, 2.75) is 51.2 Å². The number of likely N-dealkylation sites (tertiary alicyclic amines) is 1. The van der Waals surface area contributed by atoms with Gasteiger partial charge in [-0.05, 0) is 40.0 Å². The maximum atomic E-state index is 12.3. The molecule has 2 fully saturated rings. The molecule has 0 radical (unpaired) electrons. The zero-order chi connectivity index (χ0) is 15.0. The van der Waals surface area contributed by atoms with E-state index in [4.69, 9.17) is 9.84 Å². The van der Waals surface area contributed by atoms with E-state index < -0.39 is 17.3 Å². The number of nitrogens with zero attached hydrogens (tertiary/aromatic N) is 2. The first-order chi connectivity index (χ1) is 9.30. The average Bonchev–Trinajstić information content (AvgIpc) is 2.56. The number of carbonyl (C=O) groups excluding carboxylic acids is 1. The third kappa shape index (κ3) is 2.75. The Labute approximate surface area is 119 Å². The fraction of sp³-hybridized carbons (Fsp3) is 0.857. The van der Waals surface area contributed by atoms with Gasteiger partial charge in [0.15, 0.2) is 0 Å². The Morgan fingerprint density at radius 2 is 2.05 bits per heavy atom. The van der Waals surface area contributed by atoms with Crippen LogP contribution in [-0.4, -0.2) is 64.3 Å². The van der Waals surface area contributed by atoms with Crippen LogP contribution in [0.15, 0.2) is 0 Å². The summed E-state index contributed by atoms with van der Waals surface area (Å²) in [5.41, 5.74) is -1.23. The number of carbonyl (C=O) groups is 2. The molecule has 0 aromatic rings. The van der Waals surface area contributed by atoms with Crippen LogP contribution < -0.4 is 0 Å². The van der Waals surface area contributed by atoms with Crippen molar-refractivity contribution in [3.63, 3.8) is 0 Å². The van der Waals surface area contributed by atoms with Gasteiger partial charge in [0.25, 0.3) is 5.91 Å². The monoisotopic (exact) mass is 284 g/mol. The Balaban J connectivity index is 2.18. The van der Waals surface area contributed by atoms with E-state index in [-0.39, 0.29) is 5.91 Å². The van der Waals surface area contributed by atoms with Crippen molar-refractivity contribution in [2.75, 3.05) is 26.2 Å². The van der Waals surface area contributed by atoms with E-state index in [1.165, 1.54) is 4.90 Å². The Morgan fingerprint density at radius 1 is 1.35 bits per heavy atom. The maximum Gasteiger partial charge on any atom is 0.407 e. The molecule has 2 heterocycles. The molecular weight excluding hydrogens is 260 g/mol. The number of morpholine rings is 1. The Hall–Kier alpha value is -1.30. The van der Waals surface area contributed by atoms with Crippen LogP contribution in [0.1, 0.15) is 40.0 Å². The van der Waals surface area contributed by atoms with E-state index in [9.17, 15) is 9.59 Å². The molecule has 0 bridgehead atoms. The first kappa shape index (κ1) is 15.1. The molecule has 2 saturated heterocycles. The predicted molar refractivity (Wildman–Crippen MR) is 73.6 cm³/mol. The van der Waals surface area contributed by atoms with E-state index in [1.54, 1.807) is 13.8 Å². The molecule has 0 aromatic carbocycles. The number of hydrogen-bond acceptors (Lipinski definition) is 3. The molecule has 0 saturated carbocycles. The van der Waals surface area contributed by atoms with Crippen molar-refractivity contribution in [1.82, 2.24) is 9.80 Å². The summed E-state index contributed by atoms with van der Waals surface area (Å²) in [5.74, 6) is 0.0185. The topological polar surface area (TPSA) is 70.1 Å². The van der Waals surface area contributed by atoms with Crippen molar-refractivity contribution >= 4 is 12.0 Å². The number of ether oxygens (including phenoxy) is 1. The number of rotatable bonds is 1. The molecule has 1 N–H and O–H groups in total. The Morgan fingerprint density at radius 3 is 2.65 bits per heavy atom. The van der Waals surface area contributed by atoms with Crippen LogP contribution in [0.2, 0.25) is 0 Å². The molecule has 1 unspecified atom stereocenters. The Kier molecular flexibility index (Phi) is 3.95. The van der Waals surface area contributed by atoms with Gasteiger partial charge in [-0.1, -0.05) is 0 Å². The van der Waals surface area contributed by atoms with Gasteiger partial charge in [-0.25, -0.2) is 4.79 Å². The van der Waals surface area contributed by atoms with Gasteiger partial charge in [-0.3, -0.25) is 4.79 Å². The van der Waals surface area contributed by atoms with E-state index in [0.717, 1.165) is 12.8 Å². The molecule has 2 aliphatic rings. The maximum absolute atomic E-state index is 12.3. The SMILES string of the molecule is CCN1CC2(CCCN(C(=O)O)CC2)OC(C)(C)C1=O. The predicted octanol–water partition coefficient (Wildman–Crippen LogP) is 1.55. The molecule has 2 amide bonds. The standard InChI is InChI=1S/C14H24N2O4/c1-4-15-10-14(20-13(2,3)11(15)17)6-5-8-16(9-7-14)12(18)19/h4-10H2,1-3H3,(H,18,19). The van der Waals surface area contributed by atoms with Gasteiger partial charge < -0.3 is 19.6 Å². The minimum Gasteiger partial charge on any atom is -0.465 e. The van der Waals surface area contributed by atoms with Gasteiger partial charge in [-0.2, -0.15) is 0 Å². The number of amides is 2. The van der Waals surface area contributed by atoms with Crippen molar-refractivity contribution in [1.29, 1.82) is 0 Å². The summed E-state index contributed by atoms with van der Waals surface area (Å²) in [4.78, 5) is 26.6. The average molecular weight is 284 g/mol. The second kappa shape index (κ2) is 5.24. The zero-order valence-corrected chi connectivity index (χ0v) is 12.5. The minimum absolute atomic E-state index is 0.0185. The van der Waals surface area contributed by atoms with Crippen LogP contribution in [-0.2, 0) is 9.53 Å². The molecule has 0 aromatic heterocycles. The van der Waals surface area contributed by atoms with E-state index in [1.807, 2.05) is 11.8 Å². The summed E-state index contributed by atoms with van der Waals surface area (Å²) in [6.07, 6.45) is 1.34. The highest BCUT2D eigenvalue weighted by Crippen LogP contribution is 2.36. The van der Waals surface area contributed by atoms with Crippen LogP contribution in [0, 0.1) is 0 Å². The normalized spacial score (nSPS) is 30.4. The quantitative estimate of drug-likeness (QED) is 0.793. The lowest BCUT2D eigenvalue weighted by atomic mass is 9.88. The smallest absolute Gasteiger partial charge is 0.407 e. The van der Waals surface area contributed by atoms with Crippen LogP contribution in [0.4, 0.5) is 4.79 Å². The van der Waals surface area contributed by atoms with Gasteiger partial charge in [-0.15, -0.1) is 0 Å². The summed E-state index contributed by atoms with van der Waals surface area (Å²) in [7, 11) is 0. The molecule has 2 rings (SSSR count). The first-order valence-corrected chi connectivity index (χ1v) is 7.27. The molecule has 114 valence electrons. The highest BCUT2D eigenvalue weighted by atomic mass is 16.5. The molecule has 2 aliphatic heterocycles. The lowest BCUT2D eigenvalue weighted by Crippen LogP contribution is -2.63. The number of carboxylic acid groups (broad SMARTS) is 1. The molecule has 1 atom stereocenters. The third-order valence-corrected chi connectivity index (χ3v) is 4.30. The van der Waals surface area contributed by atoms with Crippen LogP contribution in [0.25, 0.3) is 0 Å². The molecule has 20 heavy (non-hydrogen) atoms. The number of hydrogen-bond donors (Lipinski definition) is 1. The fourth-order valence-corrected chi connectivity index (χ4v) is 3.29. The van der Waals surface area contributed by atoms with Crippen molar-refractivity contribution in [2.24, 2.45) is 0 Å². The largest absolute Gasteiger partial charge is 0.465 e. The highest BCUT2D eigenvalue weighted by Gasteiger charge is 2.49. The van der Waals surface area contributed by atoms with Crippen LogP contribution in [0.5, 0.6) is 0 Å². The summed E-state index contributed by atoms with van der Waals surface area (Å²) in [6, 6.07) is 0. The lowest BCUT2D eigenvalue weighted by molar-refractivity contribution is -0.208. The van der Waals surface area contributed by atoms with E-state index in [0.29, 0.717) is 32.6 Å². The van der Waals surface area contributed by atoms with E-state index >= 15 is 0 Å². The second-order valence-electron chi connectivity index (χ2n) is 6.24. The van der Waals surface area contributed by atoms with Gasteiger partial charge >= 0.3 is 6.09 Å². The highest BCUT2D eigenvalue weighted by molar-refractivity contribution is 5.85. The van der Waals surface area contributed by atoms with Gasteiger partial charge in [0, 0.05) is 26.2 Å². The molecule has 0 aliphatic carbocycles. The minimum atomic E-state index is -0.874. The van der Waals surface area contributed by atoms with Crippen molar-refractivity contribution < 1.29 is 19.4 Å². The fourth-order valence-electron chi connectivity index (χ4n) is 3.29. The summed E-state index contributed by atoms with van der Waals surface area (Å²) >= 11 is 0. The first-order valence-electron chi connectivity index (χ1n) is 7.27. The molecule has 1 spiro atoms. The molecular formula is C14H24N2O4. The lowest BCUT2D eigenvalue weighted by Gasteiger charge is -2.49. The van der Waals surface area contributed by atoms with Crippen molar-refractivity contribution in [3.05, 3.63) is 0 Å². The summed E-state index contributed by atoms with van der Waals surface area (Å²) < 4.78 is 6.14. The van der Waals surface area contributed by atoms with Gasteiger partial charge in [0.1, 0.15) is 5.60 Å². The second-order valence-corrected chi connectivity index (χ2v) is 6.24. The molecule has 6 heteroatoms. The molecule has 6 nitrogen and oxygen atoms in total. The van der Waals surface area contributed by atoms with Crippen LogP contribution in [0.3, 0.4) is 0 Å². The number of likely N-dealkylation sites (N-methyl/N-ethyl adjacent to an activating group) is 1. The van der Waals surface area contributed by atoms with E-state index in [2.05, 4.69) is 0 Å². The van der Waals surface area contributed by atoms with Crippen molar-refractivity contribution in [3.8, 4) is 0 Å².